The highest BCUT2D eigenvalue weighted by Gasteiger charge is 2.25. The summed E-state index contributed by atoms with van der Waals surface area (Å²) in [5.74, 6) is 0. The summed E-state index contributed by atoms with van der Waals surface area (Å²) >= 11 is 2.02. The Kier molecular flexibility index (Phi) is 4.24. The summed E-state index contributed by atoms with van der Waals surface area (Å²) in [6.07, 6.45) is 4.54. The van der Waals surface area contributed by atoms with E-state index in [0.717, 1.165) is 4.47 Å². The van der Waals surface area contributed by atoms with E-state index in [9.17, 15) is 4.55 Å². The van der Waals surface area contributed by atoms with Crippen LogP contribution in [-0.4, -0.2) is 25.5 Å². The monoisotopic (exact) mass is 289 g/mol. The van der Waals surface area contributed by atoms with Crippen LogP contribution < -0.4 is 0 Å². The van der Waals surface area contributed by atoms with Gasteiger partial charge in [0.25, 0.3) is 0 Å². The molecule has 82 valence electrons. The quantitative estimate of drug-likeness (QED) is 0.619. The Morgan fingerprint density at radius 2 is 2.20 bits per heavy atom. The normalized spacial score (nSPS) is 14.5. The molecule has 0 aliphatic heterocycles. The molecular formula is C9H12BrN3OS. The topological polar surface area (TPSA) is 61.2 Å². The van der Waals surface area contributed by atoms with Gasteiger partial charge in [-0.2, -0.15) is 0 Å². The number of hydrogen-bond donors (Lipinski definition) is 0. The second kappa shape index (κ2) is 5.05. The van der Waals surface area contributed by atoms with Gasteiger partial charge in [0.05, 0.1) is 4.47 Å². The lowest BCUT2D eigenvalue weighted by atomic mass is 10.3. The summed E-state index contributed by atoms with van der Waals surface area (Å²) in [5, 5.41) is 0. The average Bonchev–Trinajstić information content (AvgIpc) is 2.14. The summed E-state index contributed by atoms with van der Waals surface area (Å²) in [5.41, 5.74) is 0.627. The van der Waals surface area contributed by atoms with Gasteiger partial charge in [-0.1, -0.05) is 4.40 Å². The van der Waals surface area contributed by atoms with E-state index in [-0.39, 0.29) is 4.75 Å². The first-order valence-corrected chi connectivity index (χ1v) is 6.23. The molecule has 0 radical (unpaired) electrons. The molecule has 0 saturated heterocycles. The van der Waals surface area contributed by atoms with Crippen molar-refractivity contribution in [2.75, 3.05) is 0 Å². The number of halogens is 1. The molecule has 0 aromatic carbocycles. The van der Waals surface area contributed by atoms with E-state index in [1.165, 1.54) is 12.5 Å². The zero-order valence-electron chi connectivity index (χ0n) is 8.77. The number of nitrogens with zero attached hydrogens (tertiary/aromatic N) is 3. The van der Waals surface area contributed by atoms with E-state index in [2.05, 4.69) is 30.3 Å². The van der Waals surface area contributed by atoms with Crippen LogP contribution in [-0.2, 0) is 11.4 Å². The molecule has 0 spiro atoms. The molecule has 0 fully saturated rings. The summed E-state index contributed by atoms with van der Waals surface area (Å²) in [6.45, 7) is 5.61. The van der Waals surface area contributed by atoms with Gasteiger partial charge in [0, 0.05) is 6.20 Å². The molecule has 1 rings (SSSR count). The summed E-state index contributed by atoms with van der Waals surface area (Å²) < 4.78 is 15.9. The molecule has 0 saturated carbocycles. The molecule has 0 N–H and O–H groups in total. The van der Waals surface area contributed by atoms with Gasteiger partial charge >= 0.3 is 0 Å². The van der Waals surface area contributed by atoms with Crippen LogP contribution in [0.2, 0.25) is 0 Å². The van der Waals surface area contributed by atoms with Gasteiger partial charge < -0.3 is 4.55 Å². The van der Waals surface area contributed by atoms with Gasteiger partial charge in [0.2, 0.25) is 0 Å². The van der Waals surface area contributed by atoms with Crippen molar-refractivity contribution in [2.24, 2.45) is 4.40 Å². The first-order valence-electron chi connectivity index (χ1n) is 4.33. The molecule has 0 amide bonds. The molecular weight excluding hydrogens is 278 g/mol. The number of hydrogen-bond acceptors (Lipinski definition) is 4. The van der Waals surface area contributed by atoms with Gasteiger partial charge in [-0.25, -0.2) is 9.97 Å². The lowest BCUT2D eigenvalue weighted by Crippen LogP contribution is -2.25. The standard InChI is InChI=1S/C9H12BrN3OS/c1-9(2,3)15(14)13-5-8-7(10)4-11-6-12-8/h4-6H,1-3H3/b13-5-. The van der Waals surface area contributed by atoms with E-state index in [1.807, 2.05) is 20.8 Å². The van der Waals surface area contributed by atoms with Crippen LogP contribution in [0.1, 0.15) is 26.5 Å². The molecule has 0 bridgehead atoms. The first kappa shape index (κ1) is 12.6. The minimum absolute atomic E-state index is 0.351. The Hall–Kier alpha value is -0.460. The molecule has 1 aromatic heterocycles. The summed E-state index contributed by atoms with van der Waals surface area (Å²) in [7, 11) is 0. The lowest BCUT2D eigenvalue weighted by molar-refractivity contribution is 0.562. The van der Waals surface area contributed by atoms with Crippen LogP contribution in [0.25, 0.3) is 0 Å². The van der Waals surface area contributed by atoms with Crippen molar-refractivity contribution in [2.45, 2.75) is 25.5 Å². The average molecular weight is 290 g/mol. The van der Waals surface area contributed by atoms with Crippen LogP contribution in [0.4, 0.5) is 0 Å². The fraction of sp³-hybridized carbons (Fsp3) is 0.444. The van der Waals surface area contributed by atoms with Crippen molar-refractivity contribution in [3.8, 4) is 0 Å². The second-order valence-corrected chi connectivity index (χ2v) is 6.64. The van der Waals surface area contributed by atoms with Crippen LogP contribution in [0.3, 0.4) is 0 Å². The highest BCUT2D eigenvalue weighted by molar-refractivity contribution is 9.10. The van der Waals surface area contributed by atoms with Crippen LogP contribution >= 0.6 is 15.9 Å². The van der Waals surface area contributed by atoms with Crippen molar-refractivity contribution in [1.82, 2.24) is 9.97 Å². The minimum Gasteiger partial charge on any atom is -0.591 e. The van der Waals surface area contributed by atoms with Crippen LogP contribution in [0, 0.1) is 0 Å². The van der Waals surface area contributed by atoms with E-state index in [4.69, 9.17) is 0 Å². The van der Waals surface area contributed by atoms with Crippen molar-refractivity contribution >= 4 is 33.5 Å². The van der Waals surface area contributed by atoms with Crippen molar-refractivity contribution in [1.29, 1.82) is 0 Å². The van der Waals surface area contributed by atoms with Crippen LogP contribution in [0.5, 0.6) is 0 Å². The molecule has 6 heteroatoms. The van der Waals surface area contributed by atoms with E-state index in [0.29, 0.717) is 5.69 Å². The van der Waals surface area contributed by atoms with Gasteiger partial charge in [-0.05, 0) is 36.7 Å². The highest BCUT2D eigenvalue weighted by Crippen LogP contribution is 2.17. The smallest absolute Gasteiger partial charge is 0.144 e. The van der Waals surface area contributed by atoms with Crippen molar-refractivity contribution in [3.05, 3.63) is 22.7 Å². The summed E-state index contributed by atoms with van der Waals surface area (Å²) in [6, 6.07) is 0. The zero-order chi connectivity index (χ0) is 11.5. The van der Waals surface area contributed by atoms with Crippen molar-refractivity contribution in [3.63, 3.8) is 0 Å². The maximum absolute atomic E-state index is 11.6. The maximum atomic E-state index is 11.6. The third-order valence-electron chi connectivity index (χ3n) is 1.49. The lowest BCUT2D eigenvalue weighted by Gasteiger charge is -2.17. The molecule has 0 aliphatic carbocycles. The predicted molar refractivity (Wildman–Crippen MR) is 65.2 cm³/mol. The molecule has 1 unspecified atom stereocenters. The van der Waals surface area contributed by atoms with Crippen LogP contribution in [0.15, 0.2) is 21.4 Å². The second-order valence-electron chi connectivity index (χ2n) is 3.85. The Bertz CT molecular complexity index is 365. The molecule has 1 aromatic rings. The van der Waals surface area contributed by atoms with Gasteiger partial charge in [-0.15, -0.1) is 0 Å². The SMILES string of the molecule is CC(C)(C)[S+]([O-])/N=C\c1ncncc1Br. The third-order valence-corrected chi connectivity index (χ3v) is 3.45. The largest absolute Gasteiger partial charge is 0.591 e. The highest BCUT2D eigenvalue weighted by atomic mass is 79.9. The zero-order valence-corrected chi connectivity index (χ0v) is 11.2. The molecule has 1 heterocycles. The number of rotatable bonds is 2. The predicted octanol–water partition coefficient (Wildman–Crippen LogP) is 2.12. The summed E-state index contributed by atoms with van der Waals surface area (Å²) in [4.78, 5) is 7.82. The number of aromatic nitrogens is 2. The van der Waals surface area contributed by atoms with E-state index < -0.39 is 11.4 Å². The Morgan fingerprint density at radius 3 is 2.73 bits per heavy atom. The maximum Gasteiger partial charge on any atom is 0.144 e. The van der Waals surface area contributed by atoms with E-state index >= 15 is 0 Å². The van der Waals surface area contributed by atoms with E-state index in [1.54, 1.807) is 6.20 Å². The van der Waals surface area contributed by atoms with Crippen molar-refractivity contribution < 1.29 is 4.55 Å². The van der Waals surface area contributed by atoms with Gasteiger partial charge in [0.1, 0.15) is 34.3 Å². The molecule has 1 atom stereocenters. The molecule has 15 heavy (non-hydrogen) atoms. The fourth-order valence-electron chi connectivity index (χ4n) is 0.673. The molecule has 0 aliphatic rings. The Balaban J connectivity index is 2.79. The minimum atomic E-state index is -1.26. The first-order chi connectivity index (χ1) is 6.91. The third kappa shape index (κ3) is 3.89. The Morgan fingerprint density at radius 1 is 1.53 bits per heavy atom. The van der Waals surface area contributed by atoms with Gasteiger partial charge in [0.15, 0.2) is 0 Å². The van der Waals surface area contributed by atoms with Gasteiger partial charge in [-0.3, -0.25) is 0 Å². The fourth-order valence-corrected chi connectivity index (χ4v) is 1.51. The molecule has 4 nitrogen and oxygen atoms in total. The Labute approximate surface area is 101 Å².